The number of aliphatic carboxylic acids is 1. The average Bonchev–Trinajstić information content (AvgIpc) is 2.52. The number of benzene rings is 2. The second-order valence-corrected chi connectivity index (χ2v) is 4.76. The van der Waals surface area contributed by atoms with Gasteiger partial charge < -0.3 is 9.84 Å². The Morgan fingerprint density at radius 1 is 1.09 bits per heavy atom. The van der Waals surface area contributed by atoms with Crippen LogP contribution in [0.15, 0.2) is 54.6 Å². The highest BCUT2D eigenvalue weighted by molar-refractivity contribution is 6.06. The van der Waals surface area contributed by atoms with Crippen LogP contribution in [0.5, 0.6) is 5.75 Å². The normalized spacial score (nSPS) is 10.6. The summed E-state index contributed by atoms with van der Waals surface area (Å²) in [6, 6.07) is 14.2. The van der Waals surface area contributed by atoms with Gasteiger partial charge in [-0.15, -0.1) is 0 Å². The van der Waals surface area contributed by atoms with E-state index in [1.807, 2.05) is 31.2 Å². The van der Waals surface area contributed by atoms with Crippen LogP contribution < -0.4 is 4.74 Å². The van der Waals surface area contributed by atoms with Crippen LogP contribution in [0.1, 0.15) is 21.5 Å². The van der Waals surface area contributed by atoms with Crippen LogP contribution >= 0.6 is 0 Å². The van der Waals surface area contributed by atoms with Crippen molar-refractivity contribution in [2.75, 3.05) is 6.61 Å². The maximum absolute atomic E-state index is 12.1. The Hall–Kier alpha value is -2.88. The number of carboxylic acid groups (broad SMARTS) is 1. The summed E-state index contributed by atoms with van der Waals surface area (Å²) in [7, 11) is 0. The largest absolute Gasteiger partial charge is 0.482 e. The zero-order valence-corrected chi connectivity index (χ0v) is 12.2. The molecule has 2 rings (SSSR count). The summed E-state index contributed by atoms with van der Waals surface area (Å²) in [6.07, 6.45) is 3.31. The lowest BCUT2D eigenvalue weighted by atomic mass is 10.1. The quantitative estimate of drug-likeness (QED) is 0.656. The molecule has 0 saturated carbocycles. The molecule has 2 aromatic carbocycles. The number of ether oxygens (including phenoxy) is 1. The van der Waals surface area contributed by atoms with E-state index in [9.17, 15) is 9.59 Å². The molecule has 2 aromatic rings. The molecule has 1 N–H and O–H groups in total. The van der Waals surface area contributed by atoms with Crippen molar-refractivity contribution in [2.24, 2.45) is 0 Å². The van der Waals surface area contributed by atoms with Gasteiger partial charge in [0.25, 0.3) is 0 Å². The van der Waals surface area contributed by atoms with Gasteiger partial charge in [-0.05, 0) is 48.4 Å². The molecule has 0 fully saturated rings. The Morgan fingerprint density at radius 2 is 1.77 bits per heavy atom. The Bertz CT molecular complexity index is 699. The van der Waals surface area contributed by atoms with E-state index in [2.05, 4.69) is 0 Å². The van der Waals surface area contributed by atoms with Gasteiger partial charge in [-0.3, -0.25) is 4.79 Å². The van der Waals surface area contributed by atoms with E-state index in [0.29, 0.717) is 11.3 Å². The molecular weight excluding hydrogens is 280 g/mol. The Labute approximate surface area is 128 Å². The Morgan fingerprint density at radius 3 is 2.41 bits per heavy atom. The maximum Gasteiger partial charge on any atom is 0.341 e. The van der Waals surface area contributed by atoms with E-state index >= 15 is 0 Å². The van der Waals surface area contributed by atoms with Crippen molar-refractivity contribution < 1.29 is 19.4 Å². The lowest BCUT2D eigenvalue weighted by Crippen LogP contribution is -2.09. The van der Waals surface area contributed by atoms with E-state index in [-0.39, 0.29) is 5.78 Å². The van der Waals surface area contributed by atoms with Crippen molar-refractivity contribution in [3.05, 3.63) is 71.3 Å². The second-order valence-electron chi connectivity index (χ2n) is 4.76. The van der Waals surface area contributed by atoms with E-state index in [0.717, 1.165) is 11.1 Å². The number of carbonyl (C=O) groups excluding carboxylic acids is 1. The topological polar surface area (TPSA) is 63.6 Å². The summed E-state index contributed by atoms with van der Waals surface area (Å²) in [5.74, 6) is -0.740. The molecule has 0 heterocycles. The van der Waals surface area contributed by atoms with Gasteiger partial charge in [0, 0.05) is 5.56 Å². The Balaban J connectivity index is 2.04. The molecular formula is C18H16O4. The summed E-state index contributed by atoms with van der Waals surface area (Å²) < 4.78 is 5.02. The van der Waals surface area contributed by atoms with Gasteiger partial charge in [0.05, 0.1) is 0 Å². The number of carbonyl (C=O) groups is 2. The number of aryl methyl sites for hydroxylation is 1. The molecule has 22 heavy (non-hydrogen) atoms. The van der Waals surface area contributed by atoms with Gasteiger partial charge >= 0.3 is 5.97 Å². The molecule has 0 saturated heterocycles. The molecule has 0 aliphatic heterocycles. The van der Waals surface area contributed by atoms with Gasteiger partial charge in [0.2, 0.25) is 0 Å². The van der Waals surface area contributed by atoms with Crippen molar-refractivity contribution in [1.29, 1.82) is 0 Å². The second kappa shape index (κ2) is 7.22. The van der Waals surface area contributed by atoms with Crippen molar-refractivity contribution in [1.82, 2.24) is 0 Å². The van der Waals surface area contributed by atoms with Gasteiger partial charge in [-0.2, -0.15) is 0 Å². The summed E-state index contributed by atoms with van der Waals surface area (Å²) in [5.41, 5.74) is 2.62. The molecule has 0 amide bonds. The first-order chi connectivity index (χ1) is 10.6. The first-order valence-corrected chi connectivity index (χ1v) is 6.79. The summed E-state index contributed by atoms with van der Waals surface area (Å²) in [5, 5.41) is 8.53. The molecule has 4 heteroatoms. The zero-order chi connectivity index (χ0) is 15.9. The van der Waals surface area contributed by atoms with Gasteiger partial charge in [0.1, 0.15) is 5.75 Å². The first kappa shape index (κ1) is 15.5. The fourth-order valence-electron chi connectivity index (χ4n) is 1.90. The minimum Gasteiger partial charge on any atom is -0.482 e. The zero-order valence-electron chi connectivity index (χ0n) is 12.2. The number of rotatable bonds is 6. The third-order valence-corrected chi connectivity index (χ3v) is 3.10. The lowest BCUT2D eigenvalue weighted by Gasteiger charge is -2.03. The predicted octanol–water partition coefficient (Wildman–Crippen LogP) is 3.35. The third kappa shape index (κ3) is 4.31. The number of hydrogen-bond acceptors (Lipinski definition) is 3. The minimum absolute atomic E-state index is 0.118. The summed E-state index contributed by atoms with van der Waals surface area (Å²) >= 11 is 0. The standard InChI is InChI=1S/C18H16O4/c1-13-4-2-3-5-14(13)8-11-17(19)15-6-9-16(10-7-15)22-12-18(20)21/h2-11H,12H2,1H3,(H,20,21). The molecule has 0 atom stereocenters. The highest BCUT2D eigenvalue weighted by Gasteiger charge is 2.04. The molecule has 0 aromatic heterocycles. The molecule has 0 aliphatic carbocycles. The molecule has 112 valence electrons. The van der Waals surface area contributed by atoms with E-state index < -0.39 is 12.6 Å². The molecule has 0 radical (unpaired) electrons. The van der Waals surface area contributed by atoms with E-state index in [1.54, 1.807) is 30.3 Å². The number of carboxylic acids is 1. The summed E-state index contributed by atoms with van der Waals surface area (Å²) in [4.78, 5) is 22.5. The third-order valence-electron chi connectivity index (χ3n) is 3.10. The predicted molar refractivity (Wildman–Crippen MR) is 84.1 cm³/mol. The van der Waals surface area contributed by atoms with Gasteiger partial charge in [-0.25, -0.2) is 4.79 Å². The number of hydrogen-bond donors (Lipinski definition) is 1. The van der Waals surface area contributed by atoms with Crippen LogP contribution in [0.25, 0.3) is 6.08 Å². The van der Waals surface area contributed by atoms with Crippen LogP contribution in [0.3, 0.4) is 0 Å². The maximum atomic E-state index is 12.1. The highest BCUT2D eigenvalue weighted by atomic mass is 16.5. The van der Waals surface area contributed by atoms with Crippen molar-refractivity contribution in [3.63, 3.8) is 0 Å². The first-order valence-electron chi connectivity index (χ1n) is 6.79. The van der Waals surface area contributed by atoms with Crippen molar-refractivity contribution in [2.45, 2.75) is 6.92 Å². The number of allylic oxidation sites excluding steroid dienone is 1. The van der Waals surface area contributed by atoms with E-state index in [1.165, 1.54) is 6.08 Å². The highest BCUT2D eigenvalue weighted by Crippen LogP contribution is 2.14. The smallest absolute Gasteiger partial charge is 0.341 e. The van der Waals surface area contributed by atoms with E-state index in [4.69, 9.17) is 9.84 Å². The minimum atomic E-state index is -1.04. The fourth-order valence-corrected chi connectivity index (χ4v) is 1.90. The molecule has 4 nitrogen and oxygen atoms in total. The molecule has 0 aliphatic rings. The van der Waals surface area contributed by atoms with Crippen LogP contribution in [0, 0.1) is 6.92 Å². The SMILES string of the molecule is Cc1ccccc1C=CC(=O)c1ccc(OCC(=O)O)cc1. The summed E-state index contributed by atoms with van der Waals surface area (Å²) in [6.45, 7) is 1.58. The number of ketones is 1. The van der Waals surface area contributed by atoms with Crippen LogP contribution in [-0.4, -0.2) is 23.5 Å². The van der Waals surface area contributed by atoms with Gasteiger partial charge in [0.15, 0.2) is 12.4 Å². The molecule has 0 bridgehead atoms. The Kier molecular flexibility index (Phi) is 5.09. The fraction of sp³-hybridized carbons (Fsp3) is 0.111. The van der Waals surface area contributed by atoms with Gasteiger partial charge in [-0.1, -0.05) is 30.3 Å². The molecule has 0 spiro atoms. The monoisotopic (exact) mass is 296 g/mol. The van der Waals surface area contributed by atoms with Crippen molar-refractivity contribution in [3.8, 4) is 5.75 Å². The van der Waals surface area contributed by atoms with Crippen LogP contribution in [0.2, 0.25) is 0 Å². The molecule has 0 unspecified atom stereocenters. The van der Waals surface area contributed by atoms with Crippen LogP contribution in [-0.2, 0) is 4.79 Å². The van der Waals surface area contributed by atoms with Crippen LogP contribution in [0.4, 0.5) is 0 Å². The van der Waals surface area contributed by atoms with Crippen molar-refractivity contribution >= 4 is 17.8 Å². The average molecular weight is 296 g/mol. The lowest BCUT2D eigenvalue weighted by molar-refractivity contribution is -0.139.